The second-order valence-electron chi connectivity index (χ2n) is 6.36. The van der Waals surface area contributed by atoms with Crippen LogP contribution in [-0.4, -0.2) is 49.5 Å². The van der Waals surface area contributed by atoms with Gasteiger partial charge in [0, 0.05) is 25.0 Å². The fraction of sp³-hybridized carbons (Fsp3) is 0.400. The Labute approximate surface area is 150 Å². The molecule has 0 saturated heterocycles. The number of aromatic nitrogens is 1. The Balaban J connectivity index is 1.73. The highest BCUT2D eigenvalue weighted by Crippen LogP contribution is 2.09. The van der Waals surface area contributed by atoms with E-state index < -0.39 is 0 Å². The summed E-state index contributed by atoms with van der Waals surface area (Å²) in [5.74, 6) is -0.119. The molecule has 0 radical (unpaired) electrons. The number of pyridine rings is 1. The van der Waals surface area contributed by atoms with E-state index in [1.807, 2.05) is 32.3 Å². The van der Waals surface area contributed by atoms with Gasteiger partial charge in [0.15, 0.2) is 0 Å². The molecule has 1 heterocycles. The van der Waals surface area contributed by atoms with Gasteiger partial charge < -0.3 is 15.5 Å². The minimum Gasteiger partial charge on any atom is -0.385 e. The van der Waals surface area contributed by atoms with E-state index in [2.05, 4.69) is 44.8 Å². The van der Waals surface area contributed by atoms with Gasteiger partial charge in [-0.1, -0.05) is 30.3 Å². The van der Waals surface area contributed by atoms with Crippen LogP contribution in [0.15, 0.2) is 48.7 Å². The number of amides is 1. The number of hydrogen-bond acceptors (Lipinski definition) is 4. The molecule has 2 aromatic rings. The zero-order valence-electron chi connectivity index (χ0n) is 15.2. The van der Waals surface area contributed by atoms with E-state index in [0.717, 1.165) is 38.0 Å². The Kier molecular flexibility index (Phi) is 7.92. The first-order chi connectivity index (χ1) is 12.1. The first-order valence-electron chi connectivity index (χ1n) is 8.82. The van der Waals surface area contributed by atoms with Crippen LogP contribution in [0.1, 0.15) is 28.9 Å². The summed E-state index contributed by atoms with van der Waals surface area (Å²) >= 11 is 0. The standard InChI is InChI=1S/C20H28N4O/c1-24(2)15-7-13-23-20(25)19-16-18(11-14-22-19)21-12-6-10-17-8-4-3-5-9-17/h3-5,8-9,11,14,16H,6-7,10,12-13,15H2,1-2H3,(H,21,22)(H,23,25). The number of nitrogens with one attached hydrogen (secondary N) is 2. The number of benzene rings is 1. The summed E-state index contributed by atoms with van der Waals surface area (Å²) in [4.78, 5) is 18.4. The second-order valence-corrected chi connectivity index (χ2v) is 6.36. The average Bonchev–Trinajstić information content (AvgIpc) is 2.63. The number of anilines is 1. The molecule has 1 aromatic heterocycles. The maximum Gasteiger partial charge on any atom is 0.269 e. The summed E-state index contributed by atoms with van der Waals surface area (Å²) in [5.41, 5.74) is 2.73. The smallest absolute Gasteiger partial charge is 0.269 e. The third-order valence-electron chi connectivity index (χ3n) is 3.87. The normalized spacial score (nSPS) is 10.7. The predicted molar refractivity (Wildman–Crippen MR) is 103 cm³/mol. The van der Waals surface area contributed by atoms with E-state index in [-0.39, 0.29) is 5.91 Å². The fourth-order valence-corrected chi connectivity index (χ4v) is 2.52. The van der Waals surface area contributed by atoms with Gasteiger partial charge in [-0.05, 0) is 57.6 Å². The van der Waals surface area contributed by atoms with Gasteiger partial charge >= 0.3 is 0 Å². The maximum atomic E-state index is 12.1. The zero-order chi connectivity index (χ0) is 17.9. The van der Waals surface area contributed by atoms with Crippen LogP contribution in [0.25, 0.3) is 0 Å². The quantitative estimate of drug-likeness (QED) is 0.653. The van der Waals surface area contributed by atoms with Gasteiger partial charge in [-0.15, -0.1) is 0 Å². The third-order valence-corrected chi connectivity index (χ3v) is 3.87. The van der Waals surface area contributed by atoms with Gasteiger partial charge in [-0.2, -0.15) is 0 Å². The molecule has 0 aliphatic rings. The van der Waals surface area contributed by atoms with Crippen molar-refractivity contribution in [3.05, 3.63) is 59.9 Å². The number of aryl methyl sites for hydroxylation is 1. The molecule has 1 aromatic carbocycles. The molecular weight excluding hydrogens is 312 g/mol. The van der Waals surface area contributed by atoms with Crippen molar-refractivity contribution in [1.82, 2.24) is 15.2 Å². The van der Waals surface area contributed by atoms with Gasteiger partial charge in [0.1, 0.15) is 5.69 Å². The molecule has 134 valence electrons. The summed E-state index contributed by atoms with van der Waals surface area (Å²) in [5, 5.41) is 6.28. The predicted octanol–water partition coefficient (Wildman–Crippen LogP) is 2.81. The van der Waals surface area contributed by atoms with Crippen LogP contribution in [0.3, 0.4) is 0 Å². The molecule has 5 nitrogen and oxygen atoms in total. The van der Waals surface area contributed by atoms with Gasteiger partial charge in [0.25, 0.3) is 5.91 Å². The Morgan fingerprint density at radius 3 is 2.64 bits per heavy atom. The Bertz CT molecular complexity index is 643. The Morgan fingerprint density at radius 1 is 1.08 bits per heavy atom. The highest BCUT2D eigenvalue weighted by Gasteiger charge is 2.07. The summed E-state index contributed by atoms with van der Waals surface area (Å²) in [7, 11) is 4.05. The number of carbonyl (C=O) groups is 1. The molecule has 0 aliphatic carbocycles. The van der Waals surface area contributed by atoms with Crippen molar-refractivity contribution in [3.8, 4) is 0 Å². The van der Waals surface area contributed by atoms with Crippen LogP contribution in [0.2, 0.25) is 0 Å². The summed E-state index contributed by atoms with van der Waals surface area (Å²) < 4.78 is 0. The van der Waals surface area contributed by atoms with Crippen LogP contribution in [0.4, 0.5) is 5.69 Å². The van der Waals surface area contributed by atoms with Crippen molar-refractivity contribution < 1.29 is 4.79 Å². The molecule has 25 heavy (non-hydrogen) atoms. The molecule has 2 rings (SSSR count). The van der Waals surface area contributed by atoms with Crippen LogP contribution in [0, 0.1) is 0 Å². The van der Waals surface area contributed by atoms with Gasteiger partial charge in [0.2, 0.25) is 0 Å². The highest BCUT2D eigenvalue weighted by molar-refractivity contribution is 5.93. The van der Waals surface area contributed by atoms with Crippen molar-refractivity contribution in [3.63, 3.8) is 0 Å². The van der Waals surface area contributed by atoms with E-state index in [1.165, 1.54) is 5.56 Å². The minimum absolute atomic E-state index is 0.119. The van der Waals surface area contributed by atoms with Crippen molar-refractivity contribution in [2.24, 2.45) is 0 Å². The van der Waals surface area contributed by atoms with Crippen LogP contribution >= 0.6 is 0 Å². The molecule has 0 saturated carbocycles. The summed E-state index contributed by atoms with van der Waals surface area (Å²) in [6, 6.07) is 14.2. The molecule has 2 N–H and O–H groups in total. The second kappa shape index (κ2) is 10.5. The molecule has 0 bridgehead atoms. The van der Waals surface area contributed by atoms with E-state index in [1.54, 1.807) is 6.20 Å². The number of rotatable bonds is 10. The van der Waals surface area contributed by atoms with Gasteiger partial charge in [0.05, 0.1) is 0 Å². The molecule has 1 amide bonds. The maximum absolute atomic E-state index is 12.1. The van der Waals surface area contributed by atoms with Crippen molar-refractivity contribution in [1.29, 1.82) is 0 Å². The Hall–Kier alpha value is -2.40. The minimum atomic E-state index is -0.119. The van der Waals surface area contributed by atoms with Crippen LogP contribution in [-0.2, 0) is 6.42 Å². The SMILES string of the molecule is CN(C)CCCNC(=O)c1cc(NCCCc2ccccc2)ccn1. The third kappa shape index (κ3) is 7.35. The molecule has 0 atom stereocenters. The molecule has 0 aliphatic heterocycles. The van der Waals surface area contributed by atoms with Gasteiger partial charge in [-0.25, -0.2) is 0 Å². The van der Waals surface area contributed by atoms with Crippen molar-refractivity contribution in [2.45, 2.75) is 19.3 Å². The lowest BCUT2D eigenvalue weighted by Gasteiger charge is -2.10. The summed E-state index contributed by atoms with van der Waals surface area (Å²) in [6.07, 6.45) is 4.68. The van der Waals surface area contributed by atoms with Crippen molar-refractivity contribution in [2.75, 3.05) is 39.0 Å². The lowest BCUT2D eigenvalue weighted by atomic mass is 10.1. The molecule has 0 unspecified atom stereocenters. The van der Waals surface area contributed by atoms with Crippen LogP contribution < -0.4 is 10.6 Å². The molecule has 0 fully saturated rings. The van der Waals surface area contributed by atoms with Gasteiger partial charge in [-0.3, -0.25) is 9.78 Å². The number of carbonyl (C=O) groups excluding carboxylic acids is 1. The first kappa shape index (κ1) is 18.9. The number of hydrogen-bond donors (Lipinski definition) is 2. The monoisotopic (exact) mass is 340 g/mol. The molecular formula is C20H28N4O. The first-order valence-corrected chi connectivity index (χ1v) is 8.82. The molecule has 5 heteroatoms. The topological polar surface area (TPSA) is 57.3 Å². The van der Waals surface area contributed by atoms with E-state index >= 15 is 0 Å². The van der Waals surface area contributed by atoms with Crippen LogP contribution in [0.5, 0.6) is 0 Å². The fourth-order valence-electron chi connectivity index (χ4n) is 2.52. The lowest BCUT2D eigenvalue weighted by molar-refractivity contribution is 0.0947. The summed E-state index contributed by atoms with van der Waals surface area (Å²) in [6.45, 7) is 2.48. The number of nitrogens with zero attached hydrogens (tertiary/aromatic N) is 2. The van der Waals surface area contributed by atoms with E-state index in [0.29, 0.717) is 12.2 Å². The highest BCUT2D eigenvalue weighted by atomic mass is 16.1. The molecule has 0 spiro atoms. The lowest BCUT2D eigenvalue weighted by Crippen LogP contribution is -2.27. The van der Waals surface area contributed by atoms with E-state index in [4.69, 9.17) is 0 Å². The average molecular weight is 340 g/mol. The largest absolute Gasteiger partial charge is 0.385 e. The van der Waals surface area contributed by atoms with Crippen molar-refractivity contribution >= 4 is 11.6 Å². The zero-order valence-corrected chi connectivity index (χ0v) is 15.2. The Morgan fingerprint density at radius 2 is 1.88 bits per heavy atom. The van der Waals surface area contributed by atoms with E-state index in [9.17, 15) is 4.79 Å².